The Morgan fingerprint density at radius 3 is 2.67 bits per heavy atom. The largest absolute Gasteiger partial charge is 0.454 e. The van der Waals surface area contributed by atoms with Crippen molar-refractivity contribution in [2.24, 2.45) is 0 Å². The number of halogens is 1. The minimum Gasteiger partial charge on any atom is -0.454 e. The van der Waals surface area contributed by atoms with Crippen LogP contribution in [0.2, 0.25) is 0 Å². The maximum Gasteiger partial charge on any atom is 0.258 e. The van der Waals surface area contributed by atoms with Crippen molar-refractivity contribution in [3.63, 3.8) is 0 Å². The van der Waals surface area contributed by atoms with E-state index in [9.17, 15) is 9.18 Å². The van der Waals surface area contributed by atoms with E-state index in [1.54, 1.807) is 36.4 Å². The number of anilines is 2. The monoisotopic (exact) mass is 366 g/mol. The highest BCUT2D eigenvalue weighted by molar-refractivity contribution is 6.04. The van der Waals surface area contributed by atoms with Crippen molar-refractivity contribution in [3.05, 3.63) is 71.8 Å². The number of hydrogen-bond acceptors (Lipinski definition) is 6. The zero-order valence-corrected chi connectivity index (χ0v) is 14.1. The van der Waals surface area contributed by atoms with E-state index >= 15 is 0 Å². The Balaban J connectivity index is 1.38. The Morgan fingerprint density at radius 2 is 1.85 bits per heavy atom. The third kappa shape index (κ3) is 3.79. The Morgan fingerprint density at radius 1 is 1.07 bits per heavy atom. The van der Waals surface area contributed by atoms with Gasteiger partial charge in [-0.25, -0.2) is 14.4 Å². The van der Waals surface area contributed by atoms with Crippen LogP contribution >= 0.6 is 0 Å². The molecule has 1 aliphatic heterocycles. The van der Waals surface area contributed by atoms with E-state index in [1.165, 1.54) is 18.5 Å². The van der Waals surface area contributed by atoms with Crippen LogP contribution in [0.5, 0.6) is 11.5 Å². The van der Waals surface area contributed by atoms with E-state index in [2.05, 4.69) is 20.6 Å². The maximum absolute atomic E-state index is 13.6. The van der Waals surface area contributed by atoms with Crippen LogP contribution in [0, 0.1) is 5.82 Å². The molecule has 0 spiro atoms. The van der Waals surface area contributed by atoms with Crippen molar-refractivity contribution in [2.75, 3.05) is 17.4 Å². The SMILES string of the molecule is O=C(Nc1ccc2c(c1)OCO2)c1cnc(NCc2ccccc2F)nc1. The van der Waals surface area contributed by atoms with Gasteiger partial charge in [0.2, 0.25) is 12.7 Å². The van der Waals surface area contributed by atoms with Crippen LogP contribution in [0.25, 0.3) is 0 Å². The highest BCUT2D eigenvalue weighted by atomic mass is 19.1. The molecule has 1 aromatic heterocycles. The minimum absolute atomic E-state index is 0.169. The summed E-state index contributed by atoms with van der Waals surface area (Å²) in [6.07, 6.45) is 2.80. The first-order valence-corrected chi connectivity index (χ1v) is 8.19. The highest BCUT2D eigenvalue weighted by Crippen LogP contribution is 2.34. The van der Waals surface area contributed by atoms with Gasteiger partial charge in [0.1, 0.15) is 5.82 Å². The molecule has 1 amide bonds. The first kappa shape index (κ1) is 16.8. The van der Waals surface area contributed by atoms with Crippen molar-refractivity contribution < 1.29 is 18.7 Å². The van der Waals surface area contributed by atoms with Crippen molar-refractivity contribution in [1.82, 2.24) is 9.97 Å². The van der Waals surface area contributed by atoms with E-state index in [4.69, 9.17) is 9.47 Å². The highest BCUT2D eigenvalue weighted by Gasteiger charge is 2.15. The summed E-state index contributed by atoms with van der Waals surface area (Å²) in [6.45, 7) is 0.414. The second kappa shape index (κ2) is 7.28. The summed E-state index contributed by atoms with van der Waals surface area (Å²) < 4.78 is 24.1. The van der Waals surface area contributed by atoms with Crippen LogP contribution in [0.15, 0.2) is 54.9 Å². The summed E-state index contributed by atoms with van der Waals surface area (Å²) in [5, 5.41) is 5.67. The molecule has 0 saturated heterocycles. The molecule has 0 unspecified atom stereocenters. The number of nitrogens with zero attached hydrogens (tertiary/aromatic N) is 2. The molecule has 27 heavy (non-hydrogen) atoms. The zero-order valence-electron chi connectivity index (χ0n) is 14.1. The molecule has 0 fully saturated rings. The fourth-order valence-corrected chi connectivity index (χ4v) is 2.53. The molecule has 136 valence electrons. The van der Waals surface area contributed by atoms with Crippen LogP contribution < -0.4 is 20.1 Å². The molecule has 0 bridgehead atoms. The number of nitrogens with one attached hydrogen (secondary N) is 2. The van der Waals surface area contributed by atoms with Gasteiger partial charge in [-0.1, -0.05) is 18.2 Å². The van der Waals surface area contributed by atoms with Gasteiger partial charge in [0.25, 0.3) is 5.91 Å². The van der Waals surface area contributed by atoms with Crippen LogP contribution in [0.4, 0.5) is 16.0 Å². The maximum atomic E-state index is 13.6. The molecule has 0 aliphatic carbocycles. The predicted octanol–water partition coefficient (Wildman–Crippen LogP) is 3.21. The Hall–Kier alpha value is -3.68. The number of rotatable bonds is 5. The van der Waals surface area contributed by atoms with Gasteiger partial charge in [-0.05, 0) is 18.2 Å². The molecule has 1 aliphatic rings. The van der Waals surface area contributed by atoms with Gasteiger partial charge in [0.05, 0.1) is 5.56 Å². The van der Waals surface area contributed by atoms with Crippen molar-refractivity contribution in [3.8, 4) is 11.5 Å². The molecular formula is C19H15FN4O3. The standard InChI is InChI=1S/C19H15FN4O3/c20-15-4-2-1-3-12(15)8-21-19-22-9-13(10-23-19)18(25)24-14-5-6-16-17(7-14)27-11-26-16/h1-7,9-10H,8,11H2,(H,24,25)(H,21,22,23). The number of hydrogen-bond donors (Lipinski definition) is 2. The lowest BCUT2D eigenvalue weighted by molar-refractivity contribution is 0.102. The quantitative estimate of drug-likeness (QED) is 0.721. The van der Waals surface area contributed by atoms with E-state index < -0.39 is 0 Å². The minimum atomic E-state index is -0.352. The van der Waals surface area contributed by atoms with Crippen molar-refractivity contribution in [2.45, 2.75) is 6.54 Å². The second-order valence-electron chi connectivity index (χ2n) is 5.76. The number of aromatic nitrogens is 2. The molecule has 7 nitrogen and oxygen atoms in total. The molecule has 0 atom stereocenters. The van der Waals surface area contributed by atoms with E-state index in [-0.39, 0.29) is 25.1 Å². The zero-order chi connectivity index (χ0) is 18.6. The van der Waals surface area contributed by atoms with E-state index in [0.717, 1.165) is 0 Å². The van der Waals surface area contributed by atoms with Crippen LogP contribution in [-0.4, -0.2) is 22.7 Å². The lowest BCUT2D eigenvalue weighted by atomic mass is 10.2. The van der Waals surface area contributed by atoms with E-state index in [0.29, 0.717) is 34.3 Å². The van der Waals surface area contributed by atoms with Gasteiger partial charge in [0.15, 0.2) is 11.5 Å². The lowest BCUT2D eigenvalue weighted by Crippen LogP contribution is -2.13. The number of fused-ring (bicyclic) bond motifs is 1. The molecule has 3 aromatic rings. The summed E-state index contributed by atoms with van der Waals surface area (Å²) in [4.78, 5) is 20.5. The average molecular weight is 366 g/mol. The molecule has 2 heterocycles. The predicted molar refractivity (Wildman–Crippen MR) is 96.3 cm³/mol. The Labute approximate surface area is 154 Å². The fraction of sp³-hybridized carbons (Fsp3) is 0.105. The van der Waals surface area contributed by atoms with Gasteiger partial charge in [0, 0.05) is 36.3 Å². The summed E-state index contributed by atoms with van der Waals surface area (Å²) in [5.74, 6) is 0.871. The number of amides is 1. The summed E-state index contributed by atoms with van der Waals surface area (Å²) >= 11 is 0. The van der Waals surface area contributed by atoms with Crippen LogP contribution in [0.3, 0.4) is 0 Å². The second-order valence-corrected chi connectivity index (χ2v) is 5.76. The third-order valence-electron chi connectivity index (χ3n) is 3.94. The molecule has 0 radical (unpaired) electrons. The van der Waals surface area contributed by atoms with Gasteiger partial charge < -0.3 is 20.1 Å². The third-order valence-corrected chi connectivity index (χ3v) is 3.94. The van der Waals surface area contributed by atoms with Crippen LogP contribution in [-0.2, 0) is 6.54 Å². The van der Waals surface area contributed by atoms with Crippen molar-refractivity contribution >= 4 is 17.5 Å². The normalized spacial score (nSPS) is 11.9. The smallest absolute Gasteiger partial charge is 0.258 e. The molecule has 4 rings (SSSR count). The van der Waals surface area contributed by atoms with Crippen molar-refractivity contribution in [1.29, 1.82) is 0 Å². The Bertz CT molecular complexity index is 979. The summed E-state index contributed by atoms with van der Waals surface area (Å²) in [5.41, 5.74) is 1.38. The van der Waals surface area contributed by atoms with Gasteiger partial charge in [-0.2, -0.15) is 0 Å². The lowest BCUT2D eigenvalue weighted by Gasteiger charge is -2.08. The first-order chi connectivity index (χ1) is 13.2. The van der Waals surface area contributed by atoms with E-state index in [1.807, 2.05) is 0 Å². The Kier molecular flexibility index (Phi) is 4.52. The van der Waals surface area contributed by atoms with Crippen LogP contribution in [0.1, 0.15) is 15.9 Å². The van der Waals surface area contributed by atoms with Gasteiger partial charge in [-0.15, -0.1) is 0 Å². The number of benzene rings is 2. The first-order valence-electron chi connectivity index (χ1n) is 8.19. The molecular weight excluding hydrogens is 351 g/mol. The number of ether oxygens (including phenoxy) is 2. The molecule has 2 N–H and O–H groups in total. The summed E-state index contributed by atoms with van der Waals surface area (Å²) in [6, 6.07) is 11.6. The molecule has 0 saturated carbocycles. The number of carbonyl (C=O) groups excluding carboxylic acids is 1. The molecule has 8 heteroatoms. The van der Waals surface area contributed by atoms with Gasteiger partial charge in [-0.3, -0.25) is 4.79 Å². The topological polar surface area (TPSA) is 85.4 Å². The van der Waals surface area contributed by atoms with Gasteiger partial charge >= 0.3 is 0 Å². The average Bonchev–Trinajstić information content (AvgIpc) is 3.15. The number of carbonyl (C=O) groups is 1. The summed E-state index contributed by atoms with van der Waals surface area (Å²) in [7, 11) is 0. The molecule has 2 aromatic carbocycles. The fourth-order valence-electron chi connectivity index (χ4n) is 2.53.